The molecule has 1 heterocycles. The molecular formula is C24H27F3O. The van der Waals surface area contributed by atoms with Gasteiger partial charge in [0.1, 0.15) is 5.82 Å². The largest absolute Gasteiger partial charge is 0.374 e. The molecule has 28 heavy (non-hydrogen) atoms. The van der Waals surface area contributed by atoms with Crippen molar-refractivity contribution in [1.29, 1.82) is 0 Å². The van der Waals surface area contributed by atoms with Crippen molar-refractivity contribution in [2.45, 2.75) is 57.5 Å². The van der Waals surface area contributed by atoms with Gasteiger partial charge in [0.2, 0.25) is 0 Å². The second kappa shape index (κ2) is 9.42. The van der Waals surface area contributed by atoms with Crippen molar-refractivity contribution in [1.82, 2.24) is 0 Å². The predicted octanol–water partition coefficient (Wildman–Crippen LogP) is 6.95. The van der Waals surface area contributed by atoms with Gasteiger partial charge in [-0.15, -0.1) is 6.58 Å². The van der Waals surface area contributed by atoms with E-state index in [-0.39, 0.29) is 23.1 Å². The van der Waals surface area contributed by atoms with Gasteiger partial charge in [0.15, 0.2) is 11.6 Å². The maximum absolute atomic E-state index is 14.8. The summed E-state index contributed by atoms with van der Waals surface area (Å²) < 4.78 is 49.7. The summed E-state index contributed by atoms with van der Waals surface area (Å²) in [6.07, 6.45) is 7.08. The van der Waals surface area contributed by atoms with Crippen LogP contribution in [0.4, 0.5) is 13.2 Å². The third kappa shape index (κ3) is 4.49. The monoisotopic (exact) mass is 388 g/mol. The zero-order valence-corrected chi connectivity index (χ0v) is 16.3. The fraction of sp³-hybridized carbons (Fsp3) is 0.417. The van der Waals surface area contributed by atoms with Crippen LogP contribution in [0.3, 0.4) is 0 Å². The minimum Gasteiger partial charge on any atom is -0.374 e. The van der Waals surface area contributed by atoms with Gasteiger partial charge in [0, 0.05) is 17.0 Å². The first kappa shape index (κ1) is 20.7. The number of rotatable bonds is 7. The zero-order valence-electron chi connectivity index (χ0n) is 16.3. The molecular weight excluding hydrogens is 361 g/mol. The normalized spacial score (nSPS) is 19.6. The summed E-state index contributed by atoms with van der Waals surface area (Å²) >= 11 is 0. The zero-order chi connectivity index (χ0) is 20.1. The second-order valence-corrected chi connectivity index (χ2v) is 7.48. The Labute approximate surface area is 165 Å². The van der Waals surface area contributed by atoms with Gasteiger partial charge in [0.25, 0.3) is 0 Å². The predicted molar refractivity (Wildman–Crippen MR) is 107 cm³/mol. The molecule has 1 aliphatic heterocycles. The van der Waals surface area contributed by atoms with Crippen LogP contribution in [0, 0.1) is 17.5 Å². The van der Waals surface area contributed by atoms with Gasteiger partial charge < -0.3 is 4.74 Å². The minimum absolute atomic E-state index is 0.0339. The average Bonchev–Trinajstić information content (AvgIpc) is 2.71. The van der Waals surface area contributed by atoms with E-state index in [4.69, 9.17) is 4.74 Å². The molecule has 0 bridgehead atoms. The Bertz CT molecular complexity index is 823. The number of halogens is 3. The Morgan fingerprint density at radius 1 is 1.04 bits per heavy atom. The first-order chi connectivity index (χ1) is 13.5. The smallest absolute Gasteiger partial charge is 0.167 e. The molecule has 0 N–H and O–H groups in total. The number of aryl methyl sites for hydroxylation is 1. The van der Waals surface area contributed by atoms with Crippen LogP contribution in [0.25, 0.3) is 11.1 Å². The lowest BCUT2D eigenvalue weighted by atomic mass is 9.89. The molecule has 150 valence electrons. The van der Waals surface area contributed by atoms with Crippen LogP contribution in [0.1, 0.15) is 56.1 Å². The van der Waals surface area contributed by atoms with Crippen LogP contribution in [-0.2, 0) is 11.2 Å². The van der Waals surface area contributed by atoms with Crippen LogP contribution in [0.2, 0.25) is 0 Å². The van der Waals surface area contributed by atoms with Gasteiger partial charge in [-0.25, -0.2) is 13.2 Å². The van der Waals surface area contributed by atoms with Crippen molar-refractivity contribution < 1.29 is 17.9 Å². The lowest BCUT2D eigenvalue weighted by molar-refractivity contribution is 0.0320. The molecule has 1 fully saturated rings. The number of ether oxygens (including phenoxy) is 1. The number of unbranched alkanes of at least 4 members (excludes halogenated alkanes) is 2. The Hall–Kier alpha value is -2.07. The summed E-state index contributed by atoms with van der Waals surface area (Å²) in [7, 11) is 0. The summed E-state index contributed by atoms with van der Waals surface area (Å²) in [4.78, 5) is 0. The number of hydrogen-bond donors (Lipinski definition) is 0. The maximum atomic E-state index is 14.8. The quantitative estimate of drug-likeness (QED) is 0.368. The molecule has 0 radical (unpaired) electrons. The molecule has 0 aliphatic carbocycles. The Balaban J connectivity index is 1.82. The van der Waals surface area contributed by atoms with Gasteiger partial charge in [-0.1, -0.05) is 50.1 Å². The van der Waals surface area contributed by atoms with Crippen molar-refractivity contribution in [3.8, 4) is 11.1 Å². The van der Waals surface area contributed by atoms with E-state index in [9.17, 15) is 13.2 Å². The molecule has 0 spiro atoms. The fourth-order valence-electron chi connectivity index (χ4n) is 3.80. The van der Waals surface area contributed by atoms with Crippen molar-refractivity contribution in [3.63, 3.8) is 0 Å². The third-order valence-electron chi connectivity index (χ3n) is 5.52. The van der Waals surface area contributed by atoms with Gasteiger partial charge in [-0.3, -0.25) is 0 Å². The molecule has 2 unspecified atom stereocenters. The summed E-state index contributed by atoms with van der Waals surface area (Å²) in [6, 6.07) is 7.81. The van der Waals surface area contributed by atoms with Gasteiger partial charge in [-0.2, -0.15) is 0 Å². The molecule has 0 saturated carbocycles. The second-order valence-electron chi connectivity index (χ2n) is 7.48. The molecule has 1 saturated heterocycles. The molecule has 1 aliphatic rings. The van der Waals surface area contributed by atoms with E-state index in [0.717, 1.165) is 37.7 Å². The van der Waals surface area contributed by atoms with Crippen molar-refractivity contribution >= 4 is 0 Å². The summed E-state index contributed by atoms with van der Waals surface area (Å²) in [5, 5.41) is 0. The van der Waals surface area contributed by atoms with Crippen LogP contribution in [0.15, 0.2) is 43.0 Å². The van der Waals surface area contributed by atoms with Gasteiger partial charge in [0.05, 0.1) is 12.7 Å². The molecule has 0 aromatic heterocycles. The Kier molecular flexibility index (Phi) is 6.95. The fourth-order valence-corrected chi connectivity index (χ4v) is 3.80. The van der Waals surface area contributed by atoms with Crippen LogP contribution >= 0.6 is 0 Å². The molecule has 2 aromatic carbocycles. The third-order valence-corrected chi connectivity index (χ3v) is 5.52. The number of hydrogen-bond acceptors (Lipinski definition) is 1. The molecule has 2 aromatic rings. The Morgan fingerprint density at radius 3 is 2.46 bits per heavy atom. The van der Waals surface area contributed by atoms with Gasteiger partial charge >= 0.3 is 0 Å². The highest BCUT2D eigenvalue weighted by Gasteiger charge is 2.26. The van der Waals surface area contributed by atoms with E-state index >= 15 is 0 Å². The van der Waals surface area contributed by atoms with Crippen LogP contribution < -0.4 is 0 Å². The molecule has 2 atom stereocenters. The number of benzene rings is 2. The van der Waals surface area contributed by atoms with Crippen LogP contribution in [-0.4, -0.2) is 12.7 Å². The van der Waals surface area contributed by atoms with Crippen molar-refractivity contribution in [2.75, 3.05) is 6.61 Å². The maximum Gasteiger partial charge on any atom is 0.167 e. The standard InChI is InChI=1S/C24H27F3O/c1-3-5-6-7-16-8-11-20(22(25)14-16)21-13-12-19(23(26)24(21)27)17-9-10-18(4-2)28-15-17/h4,8,11-14,17-18H,2-3,5-7,9-10,15H2,1H3. The SMILES string of the molecule is C=CC1CCC(c2ccc(-c3ccc(CCCCC)cc3F)c(F)c2F)CO1. The summed E-state index contributed by atoms with van der Waals surface area (Å²) in [6.45, 7) is 6.14. The van der Waals surface area contributed by atoms with E-state index in [1.807, 2.05) is 0 Å². The minimum atomic E-state index is -0.999. The van der Waals surface area contributed by atoms with Crippen molar-refractivity contribution in [2.24, 2.45) is 0 Å². The first-order valence-electron chi connectivity index (χ1n) is 10.1. The van der Waals surface area contributed by atoms with E-state index in [0.29, 0.717) is 18.6 Å². The van der Waals surface area contributed by atoms with E-state index in [2.05, 4.69) is 13.5 Å². The average molecular weight is 388 g/mol. The first-order valence-corrected chi connectivity index (χ1v) is 10.1. The highest BCUT2D eigenvalue weighted by atomic mass is 19.2. The highest BCUT2D eigenvalue weighted by Crippen LogP contribution is 2.35. The van der Waals surface area contributed by atoms with E-state index < -0.39 is 17.5 Å². The van der Waals surface area contributed by atoms with Crippen molar-refractivity contribution in [3.05, 3.63) is 71.6 Å². The molecule has 4 heteroatoms. The van der Waals surface area contributed by atoms with Crippen LogP contribution in [0.5, 0.6) is 0 Å². The Morgan fingerprint density at radius 2 is 1.82 bits per heavy atom. The molecule has 3 rings (SSSR count). The summed E-state index contributed by atoms with van der Waals surface area (Å²) in [5.74, 6) is -2.63. The molecule has 1 nitrogen and oxygen atoms in total. The van der Waals surface area contributed by atoms with E-state index in [1.165, 1.54) is 12.1 Å². The van der Waals surface area contributed by atoms with E-state index in [1.54, 1.807) is 24.3 Å². The lowest BCUT2D eigenvalue weighted by Gasteiger charge is -2.28. The topological polar surface area (TPSA) is 9.23 Å². The van der Waals surface area contributed by atoms with Gasteiger partial charge in [-0.05, 0) is 42.9 Å². The lowest BCUT2D eigenvalue weighted by Crippen LogP contribution is -2.23. The molecule has 0 amide bonds. The highest BCUT2D eigenvalue weighted by molar-refractivity contribution is 5.66. The summed E-state index contributed by atoms with van der Waals surface area (Å²) in [5.41, 5.74) is 1.22.